The van der Waals surface area contributed by atoms with Crippen molar-refractivity contribution in [3.05, 3.63) is 47.3 Å². The van der Waals surface area contributed by atoms with Gasteiger partial charge in [-0.1, -0.05) is 6.92 Å². The van der Waals surface area contributed by atoms with Gasteiger partial charge in [-0.25, -0.2) is 13.5 Å². The molecule has 1 aromatic carbocycles. The number of hydrogen-bond donors (Lipinski definition) is 2. The van der Waals surface area contributed by atoms with Crippen LogP contribution in [0.25, 0.3) is 5.69 Å². The highest BCUT2D eigenvalue weighted by atomic mass is 19.1. The van der Waals surface area contributed by atoms with Gasteiger partial charge in [0.1, 0.15) is 5.69 Å². The zero-order valence-electron chi connectivity index (χ0n) is 11.8. The predicted octanol–water partition coefficient (Wildman–Crippen LogP) is 1.62. The topological polar surface area (TPSA) is 59.0 Å². The predicted molar refractivity (Wildman–Crippen MR) is 74.3 cm³/mol. The Bertz CT molecular complexity index is 631. The van der Waals surface area contributed by atoms with Crippen LogP contribution in [0.2, 0.25) is 0 Å². The number of amides is 1. The van der Waals surface area contributed by atoms with Gasteiger partial charge in [-0.05, 0) is 30.3 Å². The molecule has 0 aliphatic heterocycles. The minimum atomic E-state index is -0.727. The smallest absolute Gasteiger partial charge is 0.271 e. The lowest BCUT2D eigenvalue weighted by atomic mass is 10.2. The van der Waals surface area contributed by atoms with E-state index in [0.717, 1.165) is 4.68 Å². The summed E-state index contributed by atoms with van der Waals surface area (Å²) in [4.78, 5) is 11.4. The number of halogens is 2. The summed E-state index contributed by atoms with van der Waals surface area (Å²) < 4.78 is 29.2. The number of aromatic nitrogens is 2. The van der Waals surface area contributed by atoms with Crippen LogP contribution in [0.3, 0.4) is 0 Å². The quantitative estimate of drug-likeness (QED) is 0.881. The highest BCUT2D eigenvalue weighted by Gasteiger charge is 2.16. The summed E-state index contributed by atoms with van der Waals surface area (Å²) in [6.07, 6.45) is 1.34. The molecule has 0 aliphatic rings. The van der Waals surface area contributed by atoms with Gasteiger partial charge < -0.3 is 10.6 Å². The number of hydrogen-bond acceptors (Lipinski definition) is 3. The molecule has 2 rings (SSSR count). The maximum Gasteiger partial charge on any atom is 0.271 e. The van der Waals surface area contributed by atoms with Crippen molar-refractivity contribution in [2.75, 3.05) is 13.6 Å². The van der Waals surface area contributed by atoms with Gasteiger partial charge in [0.05, 0.1) is 0 Å². The van der Waals surface area contributed by atoms with Crippen molar-refractivity contribution in [3.8, 4) is 5.69 Å². The van der Waals surface area contributed by atoms with E-state index >= 15 is 0 Å². The number of nitrogens with zero attached hydrogens (tertiary/aromatic N) is 2. The molecule has 112 valence electrons. The van der Waals surface area contributed by atoms with Crippen LogP contribution in [0.15, 0.2) is 24.4 Å². The van der Waals surface area contributed by atoms with E-state index < -0.39 is 17.5 Å². The molecule has 1 heterocycles. The van der Waals surface area contributed by atoms with Gasteiger partial charge in [0.15, 0.2) is 17.3 Å². The summed E-state index contributed by atoms with van der Waals surface area (Å²) in [5.74, 6) is -1.87. The van der Waals surface area contributed by atoms with Crippen LogP contribution in [-0.2, 0) is 6.54 Å². The fourth-order valence-electron chi connectivity index (χ4n) is 1.91. The summed E-state index contributed by atoms with van der Waals surface area (Å²) in [5.41, 5.74) is 0.299. The highest BCUT2D eigenvalue weighted by Crippen LogP contribution is 2.19. The summed E-state index contributed by atoms with van der Waals surface area (Å²) in [7, 11) is 1.46. The molecule has 0 radical (unpaired) electrons. The minimum Gasteiger partial charge on any atom is -0.354 e. The van der Waals surface area contributed by atoms with E-state index in [9.17, 15) is 13.6 Å². The molecule has 5 nitrogen and oxygen atoms in total. The molecule has 0 spiro atoms. The van der Waals surface area contributed by atoms with E-state index in [1.807, 2.05) is 6.92 Å². The summed E-state index contributed by atoms with van der Waals surface area (Å²) in [5, 5.41) is 9.27. The van der Waals surface area contributed by atoms with Gasteiger partial charge in [0, 0.05) is 19.8 Å². The molecule has 7 heteroatoms. The zero-order valence-corrected chi connectivity index (χ0v) is 11.8. The highest BCUT2D eigenvalue weighted by molar-refractivity contribution is 5.91. The minimum absolute atomic E-state index is 0.0908. The van der Waals surface area contributed by atoms with Crippen molar-refractivity contribution >= 4 is 5.91 Å². The lowest BCUT2D eigenvalue weighted by Crippen LogP contribution is -2.18. The maximum atomic E-state index is 14.1. The first kappa shape index (κ1) is 15.1. The second-order valence-corrected chi connectivity index (χ2v) is 4.41. The van der Waals surface area contributed by atoms with E-state index in [1.54, 1.807) is 0 Å². The van der Waals surface area contributed by atoms with Crippen LogP contribution >= 0.6 is 0 Å². The van der Waals surface area contributed by atoms with Gasteiger partial charge in [-0.2, -0.15) is 5.10 Å². The Morgan fingerprint density at radius 1 is 1.33 bits per heavy atom. The molecular formula is C14H16F2N4O. The molecule has 1 aromatic heterocycles. The fraction of sp³-hybridized carbons (Fsp3) is 0.286. The molecule has 2 aromatic rings. The van der Waals surface area contributed by atoms with E-state index in [1.165, 1.54) is 31.4 Å². The van der Waals surface area contributed by atoms with Crippen LogP contribution < -0.4 is 10.6 Å². The monoisotopic (exact) mass is 294 g/mol. The van der Waals surface area contributed by atoms with E-state index in [-0.39, 0.29) is 11.4 Å². The Balaban J connectivity index is 2.35. The number of carbonyl (C=O) groups excluding carboxylic acids is 1. The van der Waals surface area contributed by atoms with Crippen molar-refractivity contribution in [2.24, 2.45) is 0 Å². The zero-order chi connectivity index (χ0) is 15.4. The van der Waals surface area contributed by atoms with Crippen molar-refractivity contribution in [2.45, 2.75) is 13.5 Å². The second-order valence-electron chi connectivity index (χ2n) is 4.41. The average Bonchev–Trinajstić information content (AvgIpc) is 2.93. The van der Waals surface area contributed by atoms with Crippen molar-refractivity contribution in [1.82, 2.24) is 20.4 Å². The fourth-order valence-corrected chi connectivity index (χ4v) is 1.91. The lowest BCUT2D eigenvalue weighted by Gasteiger charge is -2.08. The van der Waals surface area contributed by atoms with Gasteiger partial charge in [0.2, 0.25) is 0 Å². The van der Waals surface area contributed by atoms with E-state index in [4.69, 9.17) is 0 Å². The molecule has 0 atom stereocenters. The maximum absolute atomic E-state index is 14.1. The average molecular weight is 294 g/mol. The molecule has 2 N–H and O–H groups in total. The Hall–Kier alpha value is -2.28. The molecule has 0 saturated heterocycles. The first-order valence-electron chi connectivity index (χ1n) is 6.53. The van der Waals surface area contributed by atoms with Crippen molar-refractivity contribution in [3.63, 3.8) is 0 Å². The van der Waals surface area contributed by atoms with E-state index in [0.29, 0.717) is 18.7 Å². The van der Waals surface area contributed by atoms with Crippen LogP contribution in [0.1, 0.15) is 23.0 Å². The largest absolute Gasteiger partial charge is 0.354 e. The third-order valence-corrected chi connectivity index (χ3v) is 2.93. The molecule has 0 unspecified atom stereocenters. The Morgan fingerprint density at radius 3 is 2.57 bits per heavy atom. The molecule has 0 fully saturated rings. The first-order valence-corrected chi connectivity index (χ1v) is 6.53. The van der Waals surface area contributed by atoms with Crippen LogP contribution in [0.4, 0.5) is 8.78 Å². The SMILES string of the molecule is CCNCc1cc(F)c(-n2ccc(C(=O)NC)n2)c(F)c1. The second kappa shape index (κ2) is 6.45. The van der Waals surface area contributed by atoms with Crippen molar-refractivity contribution < 1.29 is 13.6 Å². The molecule has 1 amide bonds. The number of benzene rings is 1. The Kier molecular flexibility index (Phi) is 4.64. The van der Waals surface area contributed by atoms with E-state index in [2.05, 4.69) is 15.7 Å². The number of carbonyl (C=O) groups is 1. The van der Waals surface area contributed by atoms with Crippen LogP contribution in [0.5, 0.6) is 0 Å². The molecule has 0 saturated carbocycles. The first-order chi connectivity index (χ1) is 10.1. The third kappa shape index (κ3) is 3.25. The van der Waals surface area contributed by atoms with Crippen LogP contribution in [0, 0.1) is 11.6 Å². The van der Waals surface area contributed by atoms with Gasteiger partial charge in [-0.3, -0.25) is 4.79 Å². The normalized spacial score (nSPS) is 10.7. The lowest BCUT2D eigenvalue weighted by molar-refractivity contribution is 0.0957. The number of rotatable bonds is 5. The molecule has 21 heavy (non-hydrogen) atoms. The Labute approximate surface area is 121 Å². The Morgan fingerprint density at radius 2 is 2.00 bits per heavy atom. The van der Waals surface area contributed by atoms with Gasteiger partial charge in [-0.15, -0.1) is 0 Å². The van der Waals surface area contributed by atoms with Crippen LogP contribution in [-0.4, -0.2) is 29.3 Å². The number of nitrogens with one attached hydrogen (secondary N) is 2. The summed E-state index contributed by atoms with van der Waals surface area (Å²) in [6.45, 7) is 3.00. The molecule has 0 bridgehead atoms. The van der Waals surface area contributed by atoms with Gasteiger partial charge >= 0.3 is 0 Å². The third-order valence-electron chi connectivity index (χ3n) is 2.93. The van der Waals surface area contributed by atoms with Crippen molar-refractivity contribution in [1.29, 1.82) is 0 Å². The molecular weight excluding hydrogens is 278 g/mol. The summed E-state index contributed by atoms with van der Waals surface area (Å²) in [6, 6.07) is 3.90. The summed E-state index contributed by atoms with van der Waals surface area (Å²) >= 11 is 0. The molecule has 0 aliphatic carbocycles. The van der Waals surface area contributed by atoms with Gasteiger partial charge in [0.25, 0.3) is 5.91 Å². The standard InChI is InChI=1S/C14H16F2N4O/c1-3-18-8-9-6-10(15)13(11(16)7-9)20-5-4-12(19-20)14(21)17-2/h4-7,18H,3,8H2,1-2H3,(H,17,21).